The van der Waals surface area contributed by atoms with Gasteiger partial charge in [-0.3, -0.25) is 4.79 Å². The Morgan fingerprint density at radius 1 is 1.19 bits per heavy atom. The minimum atomic E-state index is -0.584. The van der Waals surface area contributed by atoms with Gasteiger partial charge in [-0.25, -0.2) is 0 Å². The molecule has 6 nitrogen and oxygen atoms in total. The van der Waals surface area contributed by atoms with Crippen LogP contribution >= 0.6 is 0 Å². The summed E-state index contributed by atoms with van der Waals surface area (Å²) < 4.78 is 6.41. The van der Waals surface area contributed by atoms with E-state index in [0.29, 0.717) is 13.0 Å². The van der Waals surface area contributed by atoms with E-state index in [-0.39, 0.29) is 17.4 Å². The fraction of sp³-hybridized carbons (Fsp3) is 0.500. The number of carbonyl (C=O) groups excluding carboxylic acids is 1. The van der Waals surface area contributed by atoms with Crippen LogP contribution in [0.3, 0.4) is 0 Å². The summed E-state index contributed by atoms with van der Waals surface area (Å²) in [5.41, 5.74) is 3.32. The van der Waals surface area contributed by atoms with Gasteiger partial charge in [-0.1, -0.05) is 23.8 Å². The Labute approximate surface area is 189 Å². The molecule has 1 aliphatic carbocycles. The van der Waals surface area contributed by atoms with E-state index in [1.807, 2.05) is 49.4 Å². The van der Waals surface area contributed by atoms with Gasteiger partial charge in [0.25, 0.3) is 0 Å². The van der Waals surface area contributed by atoms with Gasteiger partial charge in [0.2, 0.25) is 5.91 Å². The van der Waals surface area contributed by atoms with Crippen LogP contribution < -0.4 is 10.1 Å². The normalized spacial score (nSPS) is 23.3. The van der Waals surface area contributed by atoms with Crippen molar-refractivity contribution >= 4 is 11.6 Å². The van der Waals surface area contributed by atoms with Gasteiger partial charge in [0.05, 0.1) is 12.2 Å². The van der Waals surface area contributed by atoms with Gasteiger partial charge in [-0.05, 0) is 62.4 Å². The molecule has 2 heterocycles. The lowest BCUT2D eigenvalue weighted by Gasteiger charge is -2.46. The van der Waals surface area contributed by atoms with Crippen molar-refractivity contribution in [1.29, 1.82) is 0 Å². The summed E-state index contributed by atoms with van der Waals surface area (Å²) in [6.07, 6.45) is 3.17. The van der Waals surface area contributed by atoms with E-state index in [1.54, 1.807) is 0 Å². The molecule has 1 amide bonds. The molecule has 2 fully saturated rings. The molecule has 0 radical (unpaired) electrons. The molecule has 1 spiro atoms. The SMILES string of the molecule is Cc1ccc2c(c1)[C@H](O)CC1(CCN(C[C@@H](O)c3ccc(NC(=O)C4CC4)cc3)CC1)O2. The van der Waals surface area contributed by atoms with Gasteiger partial charge < -0.3 is 25.2 Å². The molecule has 32 heavy (non-hydrogen) atoms. The summed E-state index contributed by atoms with van der Waals surface area (Å²) in [5, 5.41) is 24.4. The molecule has 170 valence electrons. The summed E-state index contributed by atoms with van der Waals surface area (Å²) in [6.45, 7) is 4.22. The highest BCUT2D eigenvalue weighted by molar-refractivity contribution is 5.94. The highest BCUT2D eigenvalue weighted by atomic mass is 16.5. The summed E-state index contributed by atoms with van der Waals surface area (Å²) in [7, 11) is 0. The molecule has 0 unspecified atom stereocenters. The molecule has 3 aliphatic rings. The zero-order chi connectivity index (χ0) is 22.3. The Kier molecular flexibility index (Phi) is 5.70. The number of aliphatic hydroxyl groups is 2. The van der Waals surface area contributed by atoms with Crippen LogP contribution in [0.4, 0.5) is 5.69 Å². The second kappa shape index (κ2) is 8.50. The average Bonchev–Trinajstić information content (AvgIpc) is 3.62. The number of hydrogen-bond acceptors (Lipinski definition) is 5. The number of aliphatic hydroxyl groups excluding tert-OH is 2. The Hall–Kier alpha value is -2.41. The lowest BCUT2D eigenvalue weighted by atomic mass is 9.81. The molecule has 1 saturated heterocycles. The molecule has 5 rings (SSSR count). The van der Waals surface area contributed by atoms with Crippen molar-refractivity contribution in [2.75, 3.05) is 25.0 Å². The number of aryl methyl sites for hydroxylation is 1. The van der Waals surface area contributed by atoms with E-state index in [2.05, 4.69) is 10.2 Å². The number of nitrogens with one attached hydrogen (secondary N) is 1. The van der Waals surface area contributed by atoms with E-state index in [1.165, 1.54) is 0 Å². The van der Waals surface area contributed by atoms with E-state index in [9.17, 15) is 15.0 Å². The first-order chi connectivity index (χ1) is 15.4. The third kappa shape index (κ3) is 4.53. The van der Waals surface area contributed by atoms with Crippen LogP contribution in [0.2, 0.25) is 0 Å². The van der Waals surface area contributed by atoms with Crippen molar-refractivity contribution < 1.29 is 19.7 Å². The average molecular weight is 437 g/mol. The number of rotatable bonds is 5. The lowest BCUT2D eigenvalue weighted by Crippen LogP contribution is -2.51. The molecule has 2 aliphatic heterocycles. The highest BCUT2D eigenvalue weighted by Gasteiger charge is 2.43. The smallest absolute Gasteiger partial charge is 0.227 e. The zero-order valence-electron chi connectivity index (χ0n) is 18.6. The van der Waals surface area contributed by atoms with Crippen molar-refractivity contribution in [2.45, 2.75) is 56.8 Å². The van der Waals surface area contributed by atoms with Crippen LogP contribution in [0.25, 0.3) is 0 Å². The molecular formula is C26H32N2O4. The summed E-state index contributed by atoms with van der Waals surface area (Å²) in [4.78, 5) is 14.2. The number of nitrogens with zero attached hydrogens (tertiary/aromatic N) is 1. The molecule has 3 N–H and O–H groups in total. The zero-order valence-corrected chi connectivity index (χ0v) is 18.6. The van der Waals surface area contributed by atoms with Crippen molar-refractivity contribution in [3.63, 3.8) is 0 Å². The summed E-state index contributed by atoms with van der Waals surface area (Å²) in [5.74, 6) is 1.07. The summed E-state index contributed by atoms with van der Waals surface area (Å²) in [6, 6.07) is 13.5. The maximum atomic E-state index is 11.9. The van der Waals surface area contributed by atoms with Crippen molar-refractivity contribution in [3.05, 3.63) is 59.2 Å². The number of fused-ring (bicyclic) bond motifs is 1. The van der Waals surface area contributed by atoms with Crippen molar-refractivity contribution in [2.24, 2.45) is 5.92 Å². The number of β-amino-alcohol motifs (C(OH)–C–C–N with tert-alkyl or cyclic N) is 1. The first-order valence-electron chi connectivity index (χ1n) is 11.7. The second-order valence-electron chi connectivity index (χ2n) is 9.75. The monoisotopic (exact) mass is 436 g/mol. The molecule has 2 atom stereocenters. The molecule has 0 aromatic heterocycles. The predicted octanol–water partition coefficient (Wildman–Crippen LogP) is 3.73. The molecule has 2 aromatic rings. The van der Waals surface area contributed by atoms with Gasteiger partial charge in [-0.15, -0.1) is 0 Å². The number of likely N-dealkylation sites (tertiary alicyclic amines) is 1. The Balaban J connectivity index is 1.15. The number of anilines is 1. The van der Waals surface area contributed by atoms with Crippen molar-refractivity contribution in [3.8, 4) is 5.75 Å². The van der Waals surface area contributed by atoms with E-state index >= 15 is 0 Å². The molecule has 1 saturated carbocycles. The van der Waals surface area contributed by atoms with Crippen LogP contribution in [0.15, 0.2) is 42.5 Å². The summed E-state index contributed by atoms with van der Waals surface area (Å²) >= 11 is 0. The van der Waals surface area contributed by atoms with Gasteiger partial charge >= 0.3 is 0 Å². The number of benzene rings is 2. The Morgan fingerprint density at radius 3 is 2.59 bits per heavy atom. The molecule has 0 bridgehead atoms. The first kappa shape index (κ1) is 21.4. The van der Waals surface area contributed by atoms with Crippen LogP contribution in [-0.4, -0.2) is 46.3 Å². The third-order valence-electron chi connectivity index (χ3n) is 7.13. The number of hydrogen-bond donors (Lipinski definition) is 3. The maximum Gasteiger partial charge on any atom is 0.227 e. The molecule has 2 aromatic carbocycles. The topological polar surface area (TPSA) is 82.0 Å². The highest BCUT2D eigenvalue weighted by Crippen LogP contribution is 2.44. The third-order valence-corrected chi connectivity index (χ3v) is 7.13. The van der Waals surface area contributed by atoms with Crippen LogP contribution in [-0.2, 0) is 4.79 Å². The fourth-order valence-corrected chi connectivity index (χ4v) is 4.94. The van der Waals surface area contributed by atoms with Crippen molar-refractivity contribution in [1.82, 2.24) is 4.90 Å². The molecular weight excluding hydrogens is 404 g/mol. The van der Waals surface area contributed by atoms with Gasteiger partial charge in [0, 0.05) is 43.2 Å². The van der Waals surface area contributed by atoms with Crippen LogP contribution in [0.5, 0.6) is 5.75 Å². The predicted molar refractivity (Wildman–Crippen MR) is 123 cm³/mol. The quantitative estimate of drug-likeness (QED) is 0.665. The standard InChI is InChI=1S/C26H32N2O4/c1-17-2-9-24-21(14-17)22(29)15-26(32-24)10-12-28(13-11-26)16-23(30)18-5-7-20(8-6-18)27-25(31)19-3-4-19/h2,5-9,14,19,22-23,29-30H,3-4,10-13,15-16H2,1H3,(H,27,31)/t22-,23-/m1/s1. The second-order valence-corrected chi connectivity index (χ2v) is 9.75. The minimum Gasteiger partial charge on any atom is -0.487 e. The van der Waals surface area contributed by atoms with E-state index < -0.39 is 12.2 Å². The number of ether oxygens (including phenoxy) is 1. The fourth-order valence-electron chi connectivity index (χ4n) is 4.94. The largest absolute Gasteiger partial charge is 0.487 e. The number of carbonyl (C=O) groups is 1. The Morgan fingerprint density at radius 2 is 1.91 bits per heavy atom. The van der Waals surface area contributed by atoms with E-state index in [4.69, 9.17) is 4.74 Å². The van der Waals surface area contributed by atoms with Gasteiger partial charge in [0.1, 0.15) is 11.4 Å². The van der Waals surface area contributed by atoms with Gasteiger partial charge in [0.15, 0.2) is 0 Å². The number of piperidine rings is 1. The van der Waals surface area contributed by atoms with Gasteiger partial charge in [-0.2, -0.15) is 0 Å². The minimum absolute atomic E-state index is 0.0911. The van der Waals surface area contributed by atoms with E-state index in [0.717, 1.165) is 66.9 Å². The van der Waals surface area contributed by atoms with Crippen LogP contribution in [0.1, 0.15) is 61.0 Å². The maximum absolute atomic E-state index is 11.9. The number of amides is 1. The Bertz CT molecular complexity index is 978. The van der Waals surface area contributed by atoms with Crippen LogP contribution in [0, 0.1) is 12.8 Å². The lowest BCUT2D eigenvalue weighted by molar-refractivity contribution is -0.117. The molecule has 6 heteroatoms. The first-order valence-corrected chi connectivity index (χ1v) is 11.7.